The van der Waals surface area contributed by atoms with Crippen LogP contribution in [0.5, 0.6) is 0 Å². The van der Waals surface area contributed by atoms with Crippen molar-refractivity contribution in [2.75, 3.05) is 4.90 Å². The highest BCUT2D eigenvalue weighted by Crippen LogP contribution is 2.40. The fourth-order valence-corrected chi connectivity index (χ4v) is 6.66. The standard InChI is InChI=1S/C43H28N2O/c1-3-11-30(12-4-1)43-44-42-37-25-24-35(27-32(37)21-26-41(42)46-43)45(33-14-5-2-6-15-33)34-22-19-29(20-23-34)40-28-31-13-7-8-16-36(31)38-17-9-10-18-39(38)40/h1-28H. The monoisotopic (exact) mass is 588 g/mol. The number of rotatable bonds is 5. The second-order valence-electron chi connectivity index (χ2n) is 11.6. The second kappa shape index (κ2) is 10.8. The van der Waals surface area contributed by atoms with Crippen LogP contribution in [-0.4, -0.2) is 4.98 Å². The van der Waals surface area contributed by atoms with Crippen LogP contribution in [0.15, 0.2) is 174 Å². The van der Waals surface area contributed by atoms with E-state index in [1.807, 2.05) is 36.4 Å². The Balaban J connectivity index is 1.15. The van der Waals surface area contributed by atoms with E-state index in [9.17, 15) is 0 Å². The average molecular weight is 589 g/mol. The maximum Gasteiger partial charge on any atom is 0.227 e. The Labute approximate surface area is 266 Å². The molecule has 0 bridgehead atoms. The summed E-state index contributed by atoms with van der Waals surface area (Å²) in [6.45, 7) is 0. The van der Waals surface area contributed by atoms with Crippen LogP contribution < -0.4 is 4.90 Å². The minimum absolute atomic E-state index is 0.636. The number of fused-ring (bicyclic) bond motifs is 6. The molecular weight excluding hydrogens is 560 g/mol. The third-order valence-electron chi connectivity index (χ3n) is 8.86. The van der Waals surface area contributed by atoms with Gasteiger partial charge in [0.25, 0.3) is 0 Å². The molecule has 0 atom stereocenters. The smallest absolute Gasteiger partial charge is 0.227 e. The predicted molar refractivity (Wildman–Crippen MR) is 192 cm³/mol. The fourth-order valence-electron chi connectivity index (χ4n) is 6.66. The zero-order chi connectivity index (χ0) is 30.5. The molecular formula is C43H28N2O. The van der Waals surface area contributed by atoms with E-state index in [1.165, 1.54) is 32.7 Å². The van der Waals surface area contributed by atoms with E-state index in [1.54, 1.807) is 0 Å². The number of para-hydroxylation sites is 1. The Morgan fingerprint density at radius 3 is 1.85 bits per heavy atom. The van der Waals surface area contributed by atoms with Crippen molar-refractivity contribution >= 4 is 60.5 Å². The molecule has 3 nitrogen and oxygen atoms in total. The highest BCUT2D eigenvalue weighted by Gasteiger charge is 2.16. The summed E-state index contributed by atoms with van der Waals surface area (Å²) in [7, 11) is 0. The first kappa shape index (κ1) is 26.2. The van der Waals surface area contributed by atoms with Gasteiger partial charge in [0.2, 0.25) is 5.89 Å². The maximum absolute atomic E-state index is 6.16. The molecule has 216 valence electrons. The van der Waals surface area contributed by atoms with E-state index in [4.69, 9.17) is 9.40 Å². The van der Waals surface area contributed by atoms with Crippen molar-refractivity contribution < 1.29 is 4.42 Å². The first-order valence-electron chi connectivity index (χ1n) is 15.5. The molecule has 0 aliphatic rings. The normalized spacial score (nSPS) is 11.5. The van der Waals surface area contributed by atoms with E-state index in [0.717, 1.165) is 44.5 Å². The summed E-state index contributed by atoms with van der Waals surface area (Å²) in [5, 5.41) is 7.25. The molecule has 1 aromatic heterocycles. The van der Waals surface area contributed by atoms with E-state index in [-0.39, 0.29) is 0 Å². The van der Waals surface area contributed by atoms with Gasteiger partial charge >= 0.3 is 0 Å². The predicted octanol–water partition coefficient (Wildman–Crippen LogP) is 12.1. The quantitative estimate of drug-likeness (QED) is 0.187. The number of hydrogen-bond donors (Lipinski definition) is 0. The molecule has 9 rings (SSSR count). The SMILES string of the molecule is c1ccc(-c2nc3c(ccc4cc(N(c5ccccc5)c5ccc(-c6cc7ccccc7c7ccccc67)cc5)ccc43)o2)cc1. The van der Waals surface area contributed by atoms with Gasteiger partial charge in [-0.2, -0.15) is 0 Å². The third-order valence-corrected chi connectivity index (χ3v) is 8.86. The number of aromatic nitrogens is 1. The Morgan fingerprint density at radius 1 is 0.413 bits per heavy atom. The lowest BCUT2D eigenvalue weighted by Crippen LogP contribution is -2.09. The molecule has 9 aromatic rings. The van der Waals surface area contributed by atoms with Gasteiger partial charge in [-0.25, -0.2) is 4.98 Å². The van der Waals surface area contributed by atoms with Crippen LogP contribution in [0.25, 0.3) is 66.0 Å². The molecule has 0 radical (unpaired) electrons. The Hall–Kier alpha value is -6.19. The lowest BCUT2D eigenvalue weighted by atomic mass is 9.93. The first-order valence-corrected chi connectivity index (χ1v) is 15.5. The van der Waals surface area contributed by atoms with Gasteiger partial charge in [0.05, 0.1) is 0 Å². The van der Waals surface area contributed by atoms with Crippen molar-refractivity contribution in [1.82, 2.24) is 4.98 Å². The molecule has 0 N–H and O–H groups in total. The summed E-state index contributed by atoms with van der Waals surface area (Å²) >= 11 is 0. The topological polar surface area (TPSA) is 29.3 Å². The van der Waals surface area contributed by atoms with Gasteiger partial charge in [0.15, 0.2) is 5.58 Å². The Kier molecular flexibility index (Phi) is 6.14. The molecule has 0 spiro atoms. The molecule has 3 heteroatoms. The van der Waals surface area contributed by atoms with Crippen LogP contribution in [0.2, 0.25) is 0 Å². The highest BCUT2D eigenvalue weighted by molar-refractivity contribution is 6.14. The Morgan fingerprint density at radius 2 is 1.04 bits per heavy atom. The second-order valence-corrected chi connectivity index (χ2v) is 11.6. The third kappa shape index (κ3) is 4.41. The van der Waals surface area contributed by atoms with Crippen molar-refractivity contribution in [3.05, 3.63) is 170 Å². The van der Waals surface area contributed by atoms with E-state index in [2.05, 4.69) is 138 Å². The van der Waals surface area contributed by atoms with Crippen LogP contribution >= 0.6 is 0 Å². The zero-order valence-corrected chi connectivity index (χ0v) is 25.0. The minimum Gasteiger partial charge on any atom is -0.436 e. The highest BCUT2D eigenvalue weighted by atomic mass is 16.3. The summed E-state index contributed by atoms with van der Waals surface area (Å²) < 4.78 is 6.16. The molecule has 0 aliphatic heterocycles. The summed E-state index contributed by atoms with van der Waals surface area (Å²) in [5.74, 6) is 0.636. The molecule has 0 unspecified atom stereocenters. The van der Waals surface area contributed by atoms with Crippen molar-refractivity contribution in [2.45, 2.75) is 0 Å². The number of nitrogens with zero attached hydrogens (tertiary/aromatic N) is 2. The van der Waals surface area contributed by atoms with Gasteiger partial charge in [0.1, 0.15) is 5.52 Å². The van der Waals surface area contributed by atoms with Gasteiger partial charge in [0, 0.05) is 28.0 Å². The summed E-state index contributed by atoms with van der Waals surface area (Å²) in [6, 6.07) is 59.9. The van der Waals surface area contributed by atoms with Crippen LogP contribution in [0.3, 0.4) is 0 Å². The van der Waals surface area contributed by atoms with E-state index >= 15 is 0 Å². The molecule has 0 saturated heterocycles. The van der Waals surface area contributed by atoms with Gasteiger partial charge in [-0.3, -0.25) is 0 Å². The molecule has 46 heavy (non-hydrogen) atoms. The van der Waals surface area contributed by atoms with Crippen molar-refractivity contribution in [3.63, 3.8) is 0 Å². The summed E-state index contributed by atoms with van der Waals surface area (Å²) in [6.07, 6.45) is 0. The van der Waals surface area contributed by atoms with Gasteiger partial charge in [-0.1, -0.05) is 103 Å². The van der Waals surface area contributed by atoms with Crippen molar-refractivity contribution in [2.24, 2.45) is 0 Å². The zero-order valence-electron chi connectivity index (χ0n) is 25.0. The minimum atomic E-state index is 0.636. The van der Waals surface area contributed by atoms with Gasteiger partial charge < -0.3 is 9.32 Å². The van der Waals surface area contributed by atoms with E-state index < -0.39 is 0 Å². The molecule has 0 amide bonds. The van der Waals surface area contributed by atoms with Crippen molar-refractivity contribution in [3.8, 4) is 22.6 Å². The van der Waals surface area contributed by atoms with Gasteiger partial charge in [-0.15, -0.1) is 0 Å². The molecule has 1 heterocycles. The number of hydrogen-bond acceptors (Lipinski definition) is 3. The van der Waals surface area contributed by atoms with E-state index in [0.29, 0.717) is 5.89 Å². The first-order chi connectivity index (χ1) is 22.8. The molecule has 0 saturated carbocycles. The summed E-state index contributed by atoms with van der Waals surface area (Å²) in [5.41, 5.74) is 8.33. The lowest BCUT2D eigenvalue weighted by molar-refractivity contribution is 0.620. The molecule has 8 aromatic carbocycles. The maximum atomic E-state index is 6.16. The van der Waals surface area contributed by atoms with Crippen molar-refractivity contribution in [1.29, 1.82) is 0 Å². The van der Waals surface area contributed by atoms with Crippen LogP contribution in [0.4, 0.5) is 17.1 Å². The lowest BCUT2D eigenvalue weighted by Gasteiger charge is -2.26. The molecule has 0 fully saturated rings. The number of anilines is 3. The van der Waals surface area contributed by atoms with Crippen LogP contribution in [0, 0.1) is 0 Å². The number of benzene rings is 8. The average Bonchev–Trinajstić information content (AvgIpc) is 3.58. The van der Waals surface area contributed by atoms with Crippen LogP contribution in [0.1, 0.15) is 0 Å². The Bertz CT molecular complexity index is 2520. The molecule has 0 aliphatic carbocycles. The number of oxazole rings is 1. The van der Waals surface area contributed by atoms with Gasteiger partial charge in [-0.05, 0) is 105 Å². The van der Waals surface area contributed by atoms with Crippen LogP contribution in [-0.2, 0) is 0 Å². The summed E-state index contributed by atoms with van der Waals surface area (Å²) in [4.78, 5) is 7.21. The largest absolute Gasteiger partial charge is 0.436 e. The fraction of sp³-hybridized carbons (Fsp3) is 0.